The molecule has 7 nitrogen and oxygen atoms in total. The predicted octanol–water partition coefficient (Wildman–Crippen LogP) is 0.815. The van der Waals surface area contributed by atoms with Crippen LogP contribution in [0, 0.1) is 11.3 Å². The highest BCUT2D eigenvalue weighted by Gasteiger charge is 2.17. The smallest absolute Gasteiger partial charge is 0.267 e. The van der Waals surface area contributed by atoms with Gasteiger partial charge in [-0.15, -0.1) is 0 Å². The number of anilines is 1. The van der Waals surface area contributed by atoms with E-state index in [1.807, 2.05) is 11.0 Å². The number of para-hydroxylation sites is 2. The Kier molecular flexibility index (Phi) is 5.58. The van der Waals surface area contributed by atoms with E-state index in [1.165, 1.54) is 13.3 Å². The van der Waals surface area contributed by atoms with Crippen LogP contribution in [0.1, 0.15) is 0 Å². The number of ether oxygens (including phenoxy) is 1. The Balaban J connectivity index is 2.05. The highest BCUT2D eigenvalue weighted by atomic mass is 16.5. The van der Waals surface area contributed by atoms with Crippen molar-refractivity contribution >= 4 is 18.0 Å². The number of nitriles is 1. The van der Waals surface area contributed by atoms with Crippen molar-refractivity contribution in [3.05, 3.63) is 36.0 Å². The van der Waals surface area contributed by atoms with Gasteiger partial charge in [0.25, 0.3) is 5.91 Å². The standard InChI is InChI=1S/C16H18N4O3/c1-23-15-5-3-2-4-14(15)18-16(22)13(10-17)11-19-6-8-20(12-21)9-7-19/h2-5,11-12H,6-9H2,1H3,(H,18,22)/b13-11-. The van der Waals surface area contributed by atoms with Crippen LogP contribution in [0.5, 0.6) is 5.75 Å². The van der Waals surface area contributed by atoms with Gasteiger partial charge in [0.15, 0.2) is 0 Å². The minimum atomic E-state index is -0.491. The molecule has 1 heterocycles. The van der Waals surface area contributed by atoms with Crippen LogP contribution >= 0.6 is 0 Å². The van der Waals surface area contributed by atoms with Crippen molar-refractivity contribution in [2.45, 2.75) is 0 Å². The lowest BCUT2D eigenvalue weighted by Gasteiger charge is -2.31. The molecule has 0 saturated carbocycles. The third-order valence-corrected chi connectivity index (χ3v) is 3.53. The summed E-state index contributed by atoms with van der Waals surface area (Å²) in [6.45, 7) is 2.33. The summed E-state index contributed by atoms with van der Waals surface area (Å²) in [6.07, 6.45) is 2.34. The highest BCUT2D eigenvalue weighted by molar-refractivity contribution is 6.07. The maximum atomic E-state index is 12.3. The molecule has 1 fully saturated rings. The van der Waals surface area contributed by atoms with Gasteiger partial charge in [-0.05, 0) is 12.1 Å². The Bertz CT molecular complexity index is 643. The van der Waals surface area contributed by atoms with Gasteiger partial charge >= 0.3 is 0 Å². The first kappa shape index (κ1) is 16.4. The van der Waals surface area contributed by atoms with Crippen LogP contribution in [-0.2, 0) is 9.59 Å². The maximum Gasteiger partial charge on any atom is 0.267 e. The number of nitrogens with zero attached hydrogens (tertiary/aromatic N) is 3. The van der Waals surface area contributed by atoms with E-state index in [0.717, 1.165) is 6.41 Å². The average Bonchev–Trinajstić information content (AvgIpc) is 2.60. The molecule has 7 heteroatoms. The zero-order chi connectivity index (χ0) is 16.7. The number of piperazine rings is 1. The Morgan fingerprint density at radius 2 is 1.91 bits per heavy atom. The molecule has 1 saturated heterocycles. The molecule has 1 N–H and O–H groups in total. The number of hydrogen-bond donors (Lipinski definition) is 1. The minimum absolute atomic E-state index is 0.00968. The maximum absolute atomic E-state index is 12.3. The third kappa shape index (κ3) is 4.23. The van der Waals surface area contributed by atoms with E-state index in [-0.39, 0.29) is 5.57 Å². The fourth-order valence-electron chi connectivity index (χ4n) is 2.23. The molecule has 0 unspecified atom stereocenters. The van der Waals surface area contributed by atoms with E-state index < -0.39 is 5.91 Å². The Morgan fingerprint density at radius 1 is 1.26 bits per heavy atom. The number of hydrogen-bond acceptors (Lipinski definition) is 5. The Morgan fingerprint density at radius 3 is 2.52 bits per heavy atom. The molecule has 0 aromatic heterocycles. The number of carbonyl (C=O) groups excluding carboxylic acids is 2. The molecule has 1 aliphatic rings. The average molecular weight is 314 g/mol. The molecule has 0 atom stereocenters. The summed E-state index contributed by atoms with van der Waals surface area (Å²) in [6, 6.07) is 8.91. The van der Waals surface area contributed by atoms with E-state index in [2.05, 4.69) is 5.32 Å². The molecule has 120 valence electrons. The molecule has 0 spiro atoms. The second-order valence-electron chi connectivity index (χ2n) is 4.99. The lowest BCUT2D eigenvalue weighted by atomic mass is 10.2. The van der Waals surface area contributed by atoms with E-state index in [4.69, 9.17) is 4.74 Å². The van der Waals surface area contributed by atoms with E-state index in [1.54, 1.807) is 29.2 Å². The van der Waals surface area contributed by atoms with Crippen molar-refractivity contribution in [2.75, 3.05) is 38.6 Å². The van der Waals surface area contributed by atoms with Gasteiger partial charge in [-0.2, -0.15) is 5.26 Å². The van der Waals surface area contributed by atoms with Gasteiger partial charge < -0.3 is 19.9 Å². The number of benzene rings is 1. The number of nitrogens with one attached hydrogen (secondary N) is 1. The summed E-state index contributed by atoms with van der Waals surface area (Å²) in [5, 5.41) is 11.9. The van der Waals surface area contributed by atoms with Gasteiger partial charge in [0.2, 0.25) is 6.41 Å². The first-order valence-corrected chi connectivity index (χ1v) is 7.17. The molecular weight excluding hydrogens is 296 g/mol. The fraction of sp³-hybridized carbons (Fsp3) is 0.312. The number of methoxy groups -OCH3 is 1. The summed E-state index contributed by atoms with van der Waals surface area (Å²) in [7, 11) is 1.51. The molecule has 0 radical (unpaired) electrons. The summed E-state index contributed by atoms with van der Waals surface area (Å²) >= 11 is 0. The number of rotatable bonds is 5. The van der Waals surface area contributed by atoms with Crippen LogP contribution in [0.15, 0.2) is 36.0 Å². The molecule has 2 rings (SSSR count). The topological polar surface area (TPSA) is 85.7 Å². The largest absolute Gasteiger partial charge is 0.495 e. The molecule has 1 aromatic carbocycles. The van der Waals surface area contributed by atoms with Crippen LogP contribution in [0.25, 0.3) is 0 Å². The lowest BCUT2D eigenvalue weighted by molar-refractivity contribution is -0.119. The minimum Gasteiger partial charge on any atom is -0.495 e. The van der Waals surface area contributed by atoms with Gasteiger partial charge in [0.1, 0.15) is 17.4 Å². The van der Waals surface area contributed by atoms with Crippen molar-refractivity contribution in [1.82, 2.24) is 9.80 Å². The summed E-state index contributed by atoms with van der Waals surface area (Å²) in [4.78, 5) is 26.5. The zero-order valence-corrected chi connectivity index (χ0v) is 12.9. The first-order chi connectivity index (χ1) is 11.2. The van der Waals surface area contributed by atoms with Crippen LogP contribution in [0.3, 0.4) is 0 Å². The zero-order valence-electron chi connectivity index (χ0n) is 12.9. The molecule has 2 amide bonds. The van der Waals surface area contributed by atoms with Crippen molar-refractivity contribution in [1.29, 1.82) is 5.26 Å². The summed E-state index contributed by atoms with van der Waals surface area (Å²) in [5.74, 6) is 0.0348. The second-order valence-corrected chi connectivity index (χ2v) is 4.99. The quantitative estimate of drug-likeness (QED) is 0.494. The van der Waals surface area contributed by atoms with Crippen LogP contribution in [-0.4, -0.2) is 55.4 Å². The normalized spacial score (nSPS) is 14.9. The first-order valence-electron chi connectivity index (χ1n) is 7.17. The molecule has 1 aromatic rings. The number of carbonyl (C=O) groups is 2. The van der Waals surface area contributed by atoms with Crippen LogP contribution < -0.4 is 10.1 Å². The van der Waals surface area contributed by atoms with E-state index >= 15 is 0 Å². The fourth-order valence-corrected chi connectivity index (χ4v) is 2.23. The Hall–Kier alpha value is -3.01. The van der Waals surface area contributed by atoms with Crippen molar-refractivity contribution in [2.24, 2.45) is 0 Å². The van der Waals surface area contributed by atoms with Gasteiger partial charge in [-0.3, -0.25) is 9.59 Å². The van der Waals surface area contributed by atoms with Gasteiger partial charge in [-0.25, -0.2) is 0 Å². The van der Waals surface area contributed by atoms with Crippen LogP contribution in [0.2, 0.25) is 0 Å². The third-order valence-electron chi connectivity index (χ3n) is 3.53. The molecule has 0 aliphatic carbocycles. The van der Waals surface area contributed by atoms with Crippen molar-refractivity contribution < 1.29 is 14.3 Å². The van der Waals surface area contributed by atoms with Crippen molar-refractivity contribution in [3.63, 3.8) is 0 Å². The van der Waals surface area contributed by atoms with E-state index in [0.29, 0.717) is 37.6 Å². The van der Waals surface area contributed by atoms with E-state index in [9.17, 15) is 14.9 Å². The van der Waals surface area contributed by atoms with Crippen LogP contribution in [0.4, 0.5) is 5.69 Å². The summed E-state index contributed by atoms with van der Waals surface area (Å²) < 4.78 is 5.17. The van der Waals surface area contributed by atoms with Gasteiger partial charge in [-0.1, -0.05) is 12.1 Å². The highest BCUT2D eigenvalue weighted by Crippen LogP contribution is 2.23. The summed E-state index contributed by atoms with van der Waals surface area (Å²) in [5.41, 5.74) is 0.516. The lowest BCUT2D eigenvalue weighted by Crippen LogP contribution is -2.43. The molecule has 23 heavy (non-hydrogen) atoms. The SMILES string of the molecule is COc1ccccc1NC(=O)/C(C#N)=C\N1CCN(C=O)CC1. The predicted molar refractivity (Wildman–Crippen MR) is 84.5 cm³/mol. The monoisotopic (exact) mass is 314 g/mol. The Labute approximate surface area is 134 Å². The molecule has 0 bridgehead atoms. The van der Waals surface area contributed by atoms with Gasteiger partial charge in [0, 0.05) is 32.4 Å². The molecular formula is C16H18N4O3. The second kappa shape index (κ2) is 7.84. The number of amides is 2. The van der Waals surface area contributed by atoms with Crippen molar-refractivity contribution in [3.8, 4) is 11.8 Å². The van der Waals surface area contributed by atoms with Gasteiger partial charge in [0.05, 0.1) is 12.8 Å². The molecule has 1 aliphatic heterocycles.